The summed E-state index contributed by atoms with van der Waals surface area (Å²) in [6.45, 7) is 3.42. The maximum Gasteiger partial charge on any atom is 0.321 e. The van der Waals surface area contributed by atoms with Crippen LogP contribution in [0, 0.1) is 5.92 Å². The van der Waals surface area contributed by atoms with Gasteiger partial charge in [-0.3, -0.25) is 15.6 Å². The lowest BCUT2D eigenvalue weighted by Gasteiger charge is -2.32. The van der Waals surface area contributed by atoms with Crippen LogP contribution < -0.4 is 21.5 Å². The van der Waals surface area contributed by atoms with Crippen molar-refractivity contribution in [3.63, 3.8) is 0 Å². The molecule has 0 saturated carbocycles. The molecule has 0 aliphatic carbocycles. The van der Waals surface area contributed by atoms with E-state index in [0.29, 0.717) is 24.8 Å². The van der Waals surface area contributed by atoms with Gasteiger partial charge in [0, 0.05) is 31.9 Å². The number of urea groups is 1. The number of likely N-dealkylation sites (tertiary alicyclic amines) is 1. The summed E-state index contributed by atoms with van der Waals surface area (Å²) in [4.78, 5) is 26.5. The molecule has 0 radical (unpaired) electrons. The molecular weight excluding hydrogens is 366 g/mol. The summed E-state index contributed by atoms with van der Waals surface area (Å²) in [6, 6.07) is 9.09. The molecule has 1 aliphatic heterocycles. The van der Waals surface area contributed by atoms with Crippen LogP contribution in [0.1, 0.15) is 19.8 Å². The molecule has 1 heterocycles. The van der Waals surface area contributed by atoms with Crippen LogP contribution in [-0.2, 0) is 9.53 Å². The van der Waals surface area contributed by atoms with E-state index in [1.54, 1.807) is 12.0 Å². The Labute approximate surface area is 165 Å². The molecule has 8 nitrogen and oxygen atoms in total. The molecule has 1 fully saturated rings. The minimum Gasteiger partial charge on any atom is -0.383 e. The van der Waals surface area contributed by atoms with Crippen LogP contribution in [0.4, 0.5) is 10.5 Å². The lowest BCUT2D eigenvalue weighted by Crippen LogP contribution is -2.53. The van der Waals surface area contributed by atoms with Crippen molar-refractivity contribution in [2.24, 2.45) is 5.92 Å². The van der Waals surface area contributed by atoms with Gasteiger partial charge in [-0.2, -0.15) is 0 Å². The monoisotopic (exact) mass is 393 g/mol. The topological polar surface area (TPSA) is 94.7 Å². The van der Waals surface area contributed by atoms with Crippen LogP contribution in [0.15, 0.2) is 30.3 Å². The minimum absolute atomic E-state index is 0.0266. The number of carbonyl (C=O) groups is 2. The lowest BCUT2D eigenvalue weighted by atomic mass is 9.98. The predicted molar refractivity (Wildman–Crippen MR) is 108 cm³/mol. The first-order valence-corrected chi connectivity index (χ1v) is 9.36. The molecule has 0 aromatic heterocycles. The molecule has 1 aliphatic rings. The fraction of sp³-hybridized carbons (Fsp3) is 0.500. The van der Waals surface area contributed by atoms with Gasteiger partial charge in [-0.15, -0.1) is 0 Å². The van der Waals surface area contributed by atoms with Gasteiger partial charge in [0.2, 0.25) is 5.91 Å². The highest BCUT2D eigenvalue weighted by molar-refractivity contribution is 7.80. The van der Waals surface area contributed by atoms with E-state index in [4.69, 9.17) is 17.0 Å². The van der Waals surface area contributed by atoms with Crippen molar-refractivity contribution < 1.29 is 14.3 Å². The second-order valence-corrected chi connectivity index (χ2v) is 6.93. The number of piperidine rings is 1. The second-order valence-electron chi connectivity index (χ2n) is 6.53. The van der Waals surface area contributed by atoms with Crippen molar-refractivity contribution in [3.05, 3.63) is 30.3 Å². The van der Waals surface area contributed by atoms with Crippen LogP contribution in [0.3, 0.4) is 0 Å². The van der Waals surface area contributed by atoms with Gasteiger partial charge >= 0.3 is 6.03 Å². The molecule has 0 bridgehead atoms. The number of carbonyl (C=O) groups excluding carboxylic acids is 2. The number of hydrogen-bond acceptors (Lipinski definition) is 4. The summed E-state index contributed by atoms with van der Waals surface area (Å²) in [5.74, 6) is -0.470. The first-order chi connectivity index (χ1) is 13.0. The quantitative estimate of drug-likeness (QED) is 0.447. The highest BCUT2D eigenvalue weighted by atomic mass is 32.1. The fourth-order valence-electron chi connectivity index (χ4n) is 2.87. The van der Waals surface area contributed by atoms with Crippen LogP contribution in [-0.4, -0.2) is 54.8 Å². The zero-order valence-electron chi connectivity index (χ0n) is 15.7. The number of nitrogens with zero attached hydrogens (tertiary/aromatic N) is 1. The van der Waals surface area contributed by atoms with Crippen molar-refractivity contribution in [2.75, 3.05) is 32.1 Å². The SMILES string of the molecule is COC[C@@H](C)NC(=S)NNC(=O)[C@H]1CCCN(C(=O)Nc2ccccc2)C1. The van der Waals surface area contributed by atoms with Gasteiger partial charge < -0.3 is 20.3 Å². The number of hydrazine groups is 1. The molecule has 148 valence electrons. The Hall–Kier alpha value is -2.39. The number of hydrogen-bond donors (Lipinski definition) is 4. The van der Waals surface area contributed by atoms with Crippen LogP contribution in [0.5, 0.6) is 0 Å². The Morgan fingerprint density at radius 3 is 2.74 bits per heavy atom. The summed E-state index contributed by atoms with van der Waals surface area (Å²) in [5, 5.41) is 6.17. The molecule has 3 amide bonds. The normalized spacial score (nSPS) is 17.6. The molecule has 2 atom stereocenters. The third-order valence-electron chi connectivity index (χ3n) is 4.20. The number of methoxy groups -OCH3 is 1. The van der Waals surface area contributed by atoms with Crippen molar-refractivity contribution >= 4 is 35.0 Å². The molecule has 4 N–H and O–H groups in total. The maximum atomic E-state index is 12.4. The average molecular weight is 394 g/mol. The number of para-hydroxylation sites is 1. The predicted octanol–water partition coefficient (Wildman–Crippen LogP) is 1.46. The molecule has 9 heteroatoms. The van der Waals surface area contributed by atoms with Crippen molar-refractivity contribution in [1.82, 2.24) is 21.1 Å². The number of thiocarbonyl (C=S) groups is 1. The van der Waals surface area contributed by atoms with E-state index in [0.717, 1.165) is 18.5 Å². The summed E-state index contributed by atoms with van der Waals surface area (Å²) in [6.07, 6.45) is 1.50. The summed E-state index contributed by atoms with van der Waals surface area (Å²) in [5.41, 5.74) is 6.05. The first kappa shape index (κ1) is 20.9. The van der Waals surface area contributed by atoms with Crippen LogP contribution in [0.2, 0.25) is 0 Å². The molecule has 27 heavy (non-hydrogen) atoms. The molecule has 1 aromatic carbocycles. The van der Waals surface area contributed by atoms with Crippen molar-refractivity contribution in [2.45, 2.75) is 25.8 Å². The number of nitrogens with one attached hydrogen (secondary N) is 4. The lowest BCUT2D eigenvalue weighted by molar-refractivity contribution is -0.126. The number of rotatable bonds is 5. The summed E-state index contributed by atoms with van der Waals surface area (Å²) < 4.78 is 5.02. The summed E-state index contributed by atoms with van der Waals surface area (Å²) in [7, 11) is 1.61. The molecule has 0 unspecified atom stereocenters. The van der Waals surface area contributed by atoms with E-state index in [1.807, 2.05) is 37.3 Å². The van der Waals surface area contributed by atoms with E-state index in [-0.39, 0.29) is 23.9 Å². The number of amides is 3. The van der Waals surface area contributed by atoms with Gasteiger partial charge in [0.05, 0.1) is 12.5 Å². The van der Waals surface area contributed by atoms with E-state index in [1.165, 1.54) is 0 Å². The highest BCUT2D eigenvalue weighted by Gasteiger charge is 2.28. The third-order valence-corrected chi connectivity index (χ3v) is 4.42. The maximum absolute atomic E-state index is 12.4. The van der Waals surface area contributed by atoms with Crippen molar-refractivity contribution in [1.29, 1.82) is 0 Å². The Kier molecular flexibility index (Phi) is 8.28. The molecule has 1 aromatic rings. The number of ether oxygens (including phenoxy) is 1. The van der Waals surface area contributed by atoms with E-state index in [2.05, 4.69) is 21.5 Å². The van der Waals surface area contributed by atoms with E-state index < -0.39 is 0 Å². The summed E-state index contributed by atoms with van der Waals surface area (Å²) >= 11 is 5.13. The van der Waals surface area contributed by atoms with E-state index in [9.17, 15) is 9.59 Å². The van der Waals surface area contributed by atoms with Crippen LogP contribution in [0.25, 0.3) is 0 Å². The zero-order chi connectivity index (χ0) is 19.6. The zero-order valence-corrected chi connectivity index (χ0v) is 16.5. The van der Waals surface area contributed by atoms with Gasteiger partial charge in [-0.1, -0.05) is 18.2 Å². The smallest absolute Gasteiger partial charge is 0.321 e. The third kappa shape index (κ3) is 7.03. The van der Waals surface area contributed by atoms with Gasteiger partial charge in [-0.05, 0) is 44.1 Å². The molecule has 1 saturated heterocycles. The fourth-order valence-corrected chi connectivity index (χ4v) is 3.12. The van der Waals surface area contributed by atoms with Crippen molar-refractivity contribution in [3.8, 4) is 0 Å². The van der Waals surface area contributed by atoms with Gasteiger partial charge in [0.25, 0.3) is 0 Å². The standard InChI is InChI=1S/C18H27N5O3S/c1-13(12-26-2)19-17(27)22-21-16(24)14-7-6-10-23(11-14)18(25)20-15-8-4-3-5-9-15/h3-5,8-9,13-14H,6-7,10-12H2,1-2H3,(H,20,25)(H,21,24)(H2,19,22,27)/t13-,14+/m1/s1. The Bertz CT molecular complexity index is 643. The Morgan fingerprint density at radius 1 is 1.30 bits per heavy atom. The number of benzene rings is 1. The first-order valence-electron chi connectivity index (χ1n) is 8.96. The average Bonchev–Trinajstić information content (AvgIpc) is 2.67. The van der Waals surface area contributed by atoms with E-state index >= 15 is 0 Å². The molecule has 0 spiro atoms. The van der Waals surface area contributed by atoms with Gasteiger partial charge in [0.15, 0.2) is 5.11 Å². The van der Waals surface area contributed by atoms with Crippen LogP contribution >= 0.6 is 12.2 Å². The molecule has 2 rings (SSSR count). The van der Waals surface area contributed by atoms with Gasteiger partial charge in [0.1, 0.15) is 0 Å². The highest BCUT2D eigenvalue weighted by Crippen LogP contribution is 2.18. The Balaban J connectivity index is 1.78. The minimum atomic E-state index is -0.285. The largest absolute Gasteiger partial charge is 0.383 e. The van der Waals surface area contributed by atoms with Gasteiger partial charge in [-0.25, -0.2) is 4.79 Å². The number of anilines is 1. The second kappa shape index (κ2) is 10.7. The molecular formula is C18H27N5O3S. The Morgan fingerprint density at radius 2 is 2.04 bits per heavy atom.